The molecule has 0 heterocycles. The Hall–Kier alpha value is -1.17. The lowest BCUT2D eigenvalue weighted by Gasteiger charge is -2.15. The topological polar surface area (TPSA) is 58.4 Å². The van der Waals surface area contributed by atoms with E-state index in [1.54, 1.807) is 11.9 Å². The molecular formula is C11H15ClFN3O. The highest BCUT2D eigenvalue weighted by Crippen LogP contribution is 2.22. The number of nitrogens with two attached hydrogens (primary N) is 1. The first-order valence-corrected chi connectivity index (χ1v) is 5.54. The number of halogens is 2. The quantitative estimate of drug-likeness (QED) is 0.838. The first-order valence-electron chi connectivity index (χ1n) is 5.16. The first-order chi connectivity index (χ1) is 8.02. The van der Waals surface area contributed by atoms with Gasteiger partial charge in [0, 0.05) is 13.1 Å². The summed E-state index contributed by atoms with van der Waals surface area (Å²) in [6, 6.07) is 3.82. The number of nitrogens with zero attached hydrogens (tertiary/aromatic N) is 1. The summed E-state index contributed by atoms with van der Waals surface area (Å²) in [7, 11) is 1.79. The van der Waals surface area contributed by atoms with Crippen LogP contribution in [0.1, 0.15) is 0 Å². The highest BCUT2D eigenvalue weighted by atomic mass is 35.5. The molecule has 0 aliphatic rings. The minimum Gasteiger partial charge on any atom is -0.329 e. The van der Waals surface area contributed by atoms with Crippen molar-refractivity contribution in [2.24, 2.45) is 5.73 Å². The van der Waals surface area contributed by atoms with Crippen molar-refractivity contribution in [3.05, 3.63) is 29.0 Å². The maximum absolute atomic E-state index is 12.8. The summed E-state index contributed by atoms with van der Waals surface area (Å²) < 4.78 is 12.8. The zero-order chi connectivity index (χ0) is 12.8. The summed E-state index contributed by atoms with van der Waals surface area (Å²) in [6.45, 7) is 1.33. The maximum atomic E-state index is 12.8. The van der Waals surface area contributed by atoms with Crippen LogP contribution in [0.25, 0.3) is 0 Å². The average Bonchev–Trinajstić information content (AvgIpc) is 2.22. The van der Waals surface area contributed by atoms with Gasteiger partial charge in [-0.15, -0.1) is 0 Å². The van der Waals surface area contributed by atoms with Crippen molar-refractivity contribution in [3.63, 3.8) is 0 Å². The summed E-state index contributed by atoms with van der Waals surface area (Å²) in [5.74, 6) is -0.650. The Morgan fingerprint density at radius 3 is 2.88 bits per heavy atom. The van der Waals surface area contributed by atoms with E-state index >= 15 is 0 Å². The fraction of sp³-hybridized carbons (Fsp3) is 0.364. The van der Waals surface area contributed by atoms with E-state index < -0.39 is 5.82 Å². The van der Waals surface area contributed by atoms with E-state index in [4.69, 9.17) is 17.3 Å². The number of likely N-dealkylation sites (N-methyl/N-ethyl adjacent to an activating group) is 1. The van der Waals surface area contributed by atoms with Gasteiger partial charge in [-0.2, -0.15) is 0 Å². The van der Waals surface area contributed by atoms with Crippen LogP contribution in [0, 0.1) is 5.82 Å². The number of carbonyl (C=O) groups excluding carboxylic acids is 1. The molecule has 94 valence electrons. The molecule has 0 aliphatic carbocycles. The predicted octanol–water partition coefficient (Wildman–Crippen LogP) is 1.31. The second-order valence-corrected chi connectivity index (χ2v) is 4.11. The number of nitrogens with one attached hydrogen (secondary N) is 1. The van der Waals surface area contributed by atoms with Crippen LogP contribution in [-0.2, 0) is 4.79 Å². The third-order valence-corrected chi connectivity index (χ3v) is 2.44. The van der Waals surface area contributed by atoms with Gasteiger partial charge in [-0.25, -0.2) is 4.39 Å². The molecule has 6 heteroatoms. The third kappa shape index (κ3) is 4.68. The molecule has 0 atom stereocenters. The van der Waals surface area contributed by atoms with Crippen molar-refractivity contribution >= 4 is 23.2 Å². The Balaban J connectivity index is 2.56. The monoisotopic (exact) mass is 259 g/mol. The zero-order valence-corrected chi connectivity index (χ0v) is 10.3. The molecule has 0 fully saturated rings. The Morgan fingerprint density at radius 2 is 2.29 bits per heavy atom. The van der Waals surface area contributed by atoms with Crippen LogP contribution < -0.4 is 11.1 Å². The van der Waals surface area contributed by atoms with Crippen LogP contribution in [0.3, 0.4) is 0 Å². The van der Waals surface area contributed by atoms with Crippen molar-refractivity contribution in [2.45, 2.75) is 0 Å². The van der Waals surface area contributed by atoms with E-state index in [9.17, 15) is 9.18 Å². The molecule has 0 saturated heterocycles. The first kappa shape index (κ1) is 13.9. The lowest BCUT2D eigenvalue weighted by atomic mass is 10.3. The number of hydrogen-bond acceptors (Lipinski definition) is 3. The van der Waals surface area contributed by atoms with Gasteiger partial charge in [-0.05, 0) is 25.2 Å². The molecule has 0 aromatic heterocycles. The predicted molar refractivity (Wildman–Crippen MR) is 66.6 cm³/mol. The molecule has 17 heavy (non-hydrogen) atoms. The van der Waals surface area contributed by atoms with E-state index in [-0.39, 0.29) is 17.5 Å². The van der Waals surface area contributed by atoms with Crippen molar-refractivity contribution in [1.82, 2.24) is 4.90 Å². The summed E-state index contributed by atoms with van der Waals surface area (Å²) in [5.41, 5.74) is 5.76. The lowest BCUT2D eigenvalue weighted by molar-refractivity contribution is -0.117. The van der Waals surface area contributed by atoms with Crippen molar-refractivity contribution in [3.8, 4) is 0 Å². The summed E-state index contributed by atoms with van der Waals surface area (Å²) in [6.07, 6.45) is 0. The average molecular weight is 260 g/mol. The Kier molecular flexibility index (Phi) is 5.34. The Labute approximate surface area is 105 Å². The Morgan fingerprint density at radius 1 is 1.59 bits per heavy atom. The fourth-order valence-electron chi connectivity index (χ4n) is 1.33. The SMILES string of the molecule is CN(CCN)CC(=O)Nc1ccc(F)cc1Cl. The van der Waals surface area contributed by atoms with Gasteiger partial charge < -0.3 is 11.1 Å². The zero-order valence-electron chi connectivity index (χ0n) is 9.54. The number of benzene rings is 1. The van der Waals surface area contributed by atoms with E-state index in [2.05, 4.69) is 5.32 Å². The summed E-state index contributed by atoms with van der Waals surface area (Å²) >= 11 is 5.78. The molecule has 1 aromatic carbocycles. The van der Waals surface area contributed by atoms with Gasteiger partial charge in [0.25, 0.3) is 0 Å². The van der Waals surface area contributed by atoms with Crippen LogP contribution in [-0.4, -0.2) is 37.5 Å². The van der Waals surface area contributed by atoms with Gasteiger partial charge in [-0.1, -0.05) is 11.6 Å². The minimum absolute atomic E-state index is 0.180. The molecule has 0 bridgehead atoms. The van der Waals surface area contributed by atoms with Gasteiger partial charge in [-0.3, -0.25) is 9.69 Å². The molecule has 1 rings (SSSR count). The minimum atomic E-state index is -0.437. The number of rotatable bonds is 5. The summed E-state index contributed by atoms with van der Waals surface area (Å²) in [4.78, 5) is 13.4. The van der Waals surface area contributed by atoms with E-state index in [1.165, 1.54) is 12.1 Å². The van der Waals surface area contributed by atoms with E-state index in [0.29, 0.717) is 18.8 Å². The third-order valence-electron chi connectivity index (χ3n) is 2.13. The van der Waals surface area contributed by atoms with Gasteiger partial charge in [0.05, 0.1) is 17.3 Å². The lowest BCUT2D eigenvalue weighted by Crippen LogP contribution is -2.33. The highest BCUT2D eigenvalue weighted by molar-refractivity contribution is 6.33. The Bertz CT molecular complexity index is 400. The molecule has 0 spiro atoms. The van der Waals surface area contributed by atoms with Gasteiger partial charge in [0.2, 0.25) is 5.91 Å². The van der Waals surface area contributed by atoms with Gasteiger partial charge >= 0.3 is 0 Å². The largest absolute Gasteiger partial charge is 0.329 e. The second-order valence-electron chi connectivity index (χ2n) is 3.70. The van der Waals surface area contributed by atoms with E-state index in [1.807, 2.05) is 0 Å². The van der Waals surface area contributed by atoms with Crippen molar-refractivity contribution in [2.75, 3.05) is 32.0 Å². The van der Waals surface area contributed by atoms with Crippen LogP contribution in [0.4, 0.5) is 10.1 Å². The molecule has 3 N–H and O–H groups in total. The molecule has 0 radical (unpaired) electrons. The fourth-order valence-corrected chi connectivity index (χ4v) is 1.54. The molecular weight excluding hydrogens is 245 g/mol. The summed E-state index contributed by atoms with van der Waals surface area (Å²) in [5, 5.41) is 2.79. The normalized spacial score (nSPS) is 10.6. The molecule has 4 nitrogen and oxygen atoms in total. The highest BCUT2D eigenvalue weighted by Gasteiger charge is 2.08. The molecule has 0 saturated carbocycles. The van der Waals surface area contributed by atoms with Crippen molar-refractivity contribution < 1.29 is 9.18 Å². The van der Waals surface area contributed by atoms with Crippen LogP contribution in [0.15, 0.2) is 18.2 Å². The van der Waals surface area contributed by atoms with Crippen LogP contribution in [0.2, 0.25) is 5.02 Å². The van der Waals surface area contributed by atoms with Gasteiger partial charge in [0.1, 0.15) is 5.82 Å². The number of hydrogen-bond donors (Lipinski definition) is 2. The standard InChI is InChI=1S/C11H15ClFN3O/c1-16(5-4-14)7-11(17)15-10-3-2-8(13)6-9(10)12/h2-3,6H,4-5,7,14H2,1H3,(H,15,17). The second kappa shape index (κ2) is 6.54. The number of anilines is 1. The molecule has 0 unspecified atom stereocenters. The number of amides is 1. The van der Waals surface area contributed by atoms with E-state index in [0.717, 1.165) is 6.07 Å². The van der Waals surface area contributed by atoms with Crippen LogP contribution in [0.5, 0.6) is 0 Å². The molecule has 1 aromatic rings. The smallest absolute Gasteiger partial charge is 0.238 e. The maximum Gasteiger partial charge on any atom is 0.238 e. The number of carbonyl (C=O) groups is 1. The van der Waals surface area contributed by atoms with Crippen molar-refractivity contribution in [1.29, 1.82) is 0 Å². The molecule has 1 amide bonds. The van der Waals surface area contributed by atoms with Crippen LogP contribution >= 0.6 is 11.6 Å². The molecule has 0 aliphatic heterocycles. The van der Waals surface area contributed by atoms with Gasteiger partial charge in [0.15, 0.2) is 0 Å².